The van der Waals surface area contributed by atoms with Crippen LogP contribution in [0.1, 0.15) is 17.2 Å². The third-order valence-corrected chi connectivity index (χ3v) is 2.54. The molecular weight excluding hydrogens is 219 g/mol. The number of hydrogen-bond donors (Lipinski definition) is 1. The summed E-state index contributed by atoms with van der Waals surface area (Å²) >= 11 is 0. The number of benzene rings is 1. The number of nitrogens with one attached hydrogen (secondary N) is 1. The highest BCUT2D eigenvalue weighted by Gasteiger charge is 2.30. The minimum Gasteiger partial charge on any atom is -0.371 e. The van der Waals surface area contributed by atoms with Crippen molar-refractivity contribution in [1.29, 1.82) is 0 Å². The fourth-order valence-corrected chi connectivity index (χ4v) is 1.67. The van der Waals surface area contributed by atoms with Crippen LogP contribution in [0.3, 0.4) is 0 Å². The first kappa shape index (κ1) is 11.4. The lowest BCUT2D eigenvalue weighted by molar-refractivity contribution is -0.137. The molecule has 1 aliphatic heterocycles. The molecule has 1 saturated heterocycles. The molecule has 0 spiro atoms. The summed E-state index contributed by atoms with van der Waals surface area (Å²) in [4.78, 5) is 0. The van der Waals surface area contributed by atoms with Crippen LogP contribution in [-0.4, -0.2) is 19.7 Å². The first-order valence-electron chi connectivity index (χ1n) is 5.07. The molecule has 1 aromatic rings. The Labute approximate surface area is 91.4 Å². The Morgan fingerprint density at radius 2 is 1.88 bits per heavy atom. The normalized spacial score (nSPS) is 22.1. The highest BCUT2D eigenvalue weighted by atomic mass is 19.4. The number of morpholine rings is 1. The average molecular weight is 231 g/mol. The molecule has 88 valence electrons. The third-order valence-electron chi connectivity index (χ3n) is 2.54. The second kappa shape index (κ2) is 4.43. The maximum Gasteiger partial charge on any atom is 0.416 e. The standard InChI is InChI=1S/C11H12F3NO/c12-11(13,14)9-3-1-8(2-4-9)10-7-15-5-6-16-10/h1-4,10,15H,5-7H2/t10-/m0/s1. The molecule has 0 unspecified atom stereocenters. The summed E-state index contributed by atoms with van der Waals surface area (Å²) in [6, 6.07) is 5.13. The molecule has 1 aliphatic rings. The average Bonchev–Trinajstić information content (AvgIpc) is 2.29. The summed E-state index contributed by atoms with van der Waals surface area (Å²) in [6.45, 7) is 2.02. The first-order valence-corrected chi connectivity index (χ1v) is 5.07. The van der Waals surface area contributed by atoms with Crippen molar-refractivity contribution in [3.63, 3.8) is 0 Å². The molecule has 0 radical (unpaired) electrons. The van der Waals surface area contributed by atoms with Crippen molar-refractivity contribution in [1.82, 2.24) is 5.32 Å². The van der Waals surface area contributed by atoms with Gasteiger partial charge < -0.3 is 10.1 Å². The Kier molecular flexibility index (Phi) is 3.16. The molecule has 2 nitrogen and oxygen atoms in total. The van der Waals surface area contributed by atoms with E-state index in [1.807, 2.05) is 0 Å². The monoisotopic (exact) mass is 231 g/mol. The SMILES string of the molecule is FC(F)(F)c1ccc([C@@H]2CNCCO2)cc1. The lowest BCUT2D eigenvalue weighted by Gasteiger charge is -2.24. The van der Waals surface area contributed by atoms with Crippen LogP contribution in [0.25, 0.3) is 0 Å². The van der Waals surface area contributed by atoms with Gasteiger partial charge in [0.2, 0.25) is 0 Å². The van der Waals surface area contributed by atoms with Gasteiger partial charge in [-0.1, -0.05) is 12.1 Å². The van der Waals surface area contributed by atoms with Crippen molar-refractivity contribution in [3.8, 4) is 0 Å². The van der Waals surface area contributed by atoms with E-state index in [0.717, 1.165) is 24.2 Å². The number of halogens is 3. The van der Waals surface area contributed by atoms with E-state index in [9.17, 15) is 13.2 Å². The van der Waals surface area contributed by atoms with Gasteiger partial charge in [0, 0.05) is 13.1 Å². The zero-order chi connectivity index (χ0) is 11.6. The fourth-order valence-electron chi connectivity index (χ4n) is 1.67. The van der Waals surface area contributed by atoms with Crippen LogP contribution in [-0.2, 0) is 10.9 Å². The van der Waals surface area contributed by atoms with Gasteiger partial charge in [-0.25, -0.2) is 0 Å². The van der Waals surface area contributed by atoms with Gasteiger partial charge in [0.05, 0.1) is 18.3 Å². The maximum absolute atomic E-state index is 12.3. The van der Waals surface area contributed by atoms with Crippen LogP contribution in [0.15, 0.2) is 24.3 Å². The molecule has 5 heteroatoms. The molecule has 0 bridgehead atoms. The van der Waals surface area contributed by atoms with Gasteiger partial charge >= 0.3 is 6.18 Å². The van der Waals surface area contributed by atoms with Crippen LogP contribution < -0.4 is 5.32 Å². The summed E-state index contributed by atoms with van der Waals surface area (Å²) in [7, 11) is 0. The number of alkyl halides is 3. The molecule has 0 aliphatic carbocycles. The smallest absolute Gasteiger partial charge is 0.371 e. The van der Waals surface area contributed by atoms with Crippen LogP contribution in [0, 0.1) is 0 Å². The van der Waals surface area contributed by atoms with Gasteiger partial charge in [0.15, 0.2) is 0 Å². The van der Waals surface area contributed by atoms with Crippen LogP contribution in [0.4, 0.5) is 13.2 Å². The highest BCUT2D eigenvalue weighted by Crippen LogP contribution is 2.30. The lowest BCUT2D eigenvalue weighted by Crippen LogP contribution is -2.33. The molecule has 0 saturated carbocycles. The minimum absolute atomic E-state index is 0.143. The van der Waals surface area contributed by atoms with E-state index in [1.165, 1.54) is 12.1 Å². The molecule has 1 fully saturated rings. The Balaban J connectivity index is 2.12. The van der Waals surface area contributed by atoms with Gasteiger partial charge in [-0.3, -0.25) is 0 Å². The van der Waals surface area contributed by atoms with Gasteiger partial charge in [0.1, 0.15) is 0 Å². The zero-order valence-electron chi connectivity index (χ0n) is 8.55. The second-order valence-corrected chi connectivity index (χ2v) is 3.68. The van der Waals surface area contributed by atoms with E-state index in [0.29, 0.717) is 13.2 Å². The van der Waals surface area contributed by atoms with Gasteiger partial charge in [-0.15, -0.1) is 0 Å². The second-order valence-electron chi connectivity index (χ2n) is 3.68. The molecule has 2 rings (SSSR count). The Morgan fingerprint density at radius 3 is 2.38 bits per heavy atom. The first-order chi connectivity index (χ1) is 7.57. The highest BCUT2D eigenvalue weighted by molar-refractivity contribution is 5.26. The van der Waals surface area contributed by atoms with E-state index < -0.39 is 11.7 Å². The lowest BCUT2D eigenvalue weighted by atomic mass is 10.1. The van der Waals surface area contributed by atoms with Crippen LogP contribution >= 0.6 is 0 Å². The molecule has 16 heavy (non-hydrogen) atoms. The van der Waals surface area contributed by atoms with Crippen LogP contribution in [0.2, 0.25) is 0 Å². The maximum atomic E-state index is 12.3. The summed E-state index contributed by atoms with van der Waals surface area (Å²) < 4.78 is 42.4. The van der Waals surface area contributed by atoms with Crippen molar-refractivity contribution in [2.75, 3.05) is 19.7 Å². The largest absolute Gasteiger partial charge is 0.416 e. The third kappa shape index (κ3) is 2.54. The molecular formula is C11H12F3NO. The van der Waals surface area contributed by atoms with Crippen LogP contribution in [0.5, 0.6) is 0 Å². The number of hydrogen-bond acceptors (Lipinski definition) is 2. The zero-order valence-corrected chi connectivity index (χ0v) is 8.55. The predicted molar refractivity (Wildman–Crippen MR) is 53.0 cm³/mol. The van der Waals surface area contributed by atoms with Gasteiger partial charge in [-0.05, 0) is 17.7 Å². The number of ether oxygens (including phenoxy) is 1. The predicted octanol–water partition coefficient (Wildman–Crippen LogP) is 2.37. The number of rotatable bonds is 1. The molecule has 0 amide bonds. The topological polar surface area (TPSA) is 21.3 Å². The van der Waals surface area contributed by atoms with Crippen molar-refractivity contribution in [3.05, 3.63) is 35.4 Å². The Morgan fingerprint density at radius 1 is 1.19 bits per heavy atom. The quantitative estimate of drug-likeness (QED) is 0.801. The summed E-state index contributed by atoms with van der Waals surface area (Å²) in [5, 5.41) is 3.13. The summed E-state index contributed by atoms with van der Waals surface area (Å²) in [5.41, 5.74) is 0.153. The molecule has 1 N–H and O–H groups in total. The van der Waals surface area contributed by atoms with Gasteiger partial charge in [-0.2, -0.15) is 13.2 Å². The molecule has 1 atom stereocenters. The van der Waals surface area contributed by atoms with Crippen molar-refractivity contribution >= 4 is 0 Å². The van der Waals surface area contributed by atoms with E-state index in [-0.39, 0.29) is 6.10 Å². The van der Waals surface area contributed by atoms with E-state index in [4.69, 9.17) is 4.74 Å². The molecule has 0 aromatic heterocycles. The molecule has 1 heterocycles. The Bertz CT molecular complexity index is 341. The summed E-state index contributed by atoms with van der Waals surface area (Å²) in [5.74, 6) is 0. The van der Waals surface area contributed by atoms with Crippen molar-refractivity contribution < 1.29 is 17.9 Å². The molecule has 1 aromatic carbocycles. The fraction of sp³-hybridized carbons (Fsp3) is 0.455. The van der Waals surface area contributed by atoms with E-state index >= 15 is 0 Å². The van der Waals surface area contributed by atoms with Gasteiger partial charge in [0.25, 0.3) is 0 Å². The van der Waals surface area contributed by atoms with E-state index in [2.05, 4.69) is 5.32 Å². The summed E-state index contributed by atoms with van der Waals surface area (Å²) in [6.07, 6.45) is -4.42. The Hall–Kier alpha value is -1.07. The van der Waals surface area contributed by atoms with E-state index in [1.54, 1.807) is 0 Å². The van der Waals surface area contributed by atoms with Crippen molar-refractivity contribution in [2.24, 2.45) is 0 Å². The minimum atomic E-state index is -4.27. The van der Waals surface area contributed by atoms with Crippen molar-refractivity contribution in [2.45, 2.75) is 12.3 Å².